The molecule has 1 heterocycles. The number of hydrogen-bond donors (Lipinski definition) is 2. The van der Waals surface area contributed by atoms with Crippen molar-refractivity contribution in [3.63, 3.8) is 0 Å². The predicted molar refractivity (Wildman–Crippen MR) is 108 cm³/mol. The van der Waals surface area contributed by atoms with Crippen molar-refractivity contribution in [2.75, 3.05) is 6.61 Å². The molecular formula is C22H23NO4. The highest BCUT2D eigenvalue weighted by Gasteiger charge is 2.10. The number of aromatic nitrogens is 1. The van der Waals surface area contributed by atoms with Crippen molar-refractivity contribution in [2.24, 2.45) is 0 Å². The second-order valence-corrected chi connectivity index (χ2v) is 6.53. The largest absolute Gasteiger partial charge is 0.508 e. The molecule has 0 aliphatic rings. The number of allylic oxidation sites excluding steroid dienone is 2. The van der Waals surface area contributed by atoms with Crippen LogP contribution >= 0.6 is 0 Å². The molecule has 2 N–H and O–H groups in total. The van der Waals surface area contributed by atoms with Gasteiger partial charge in [-0.15, -0.1) is 0 Å². The molecule has 0 unspecified atom stereocenters. The highest BCUT2D eigenvalue weighted by molar-refractivity contribution is 5.80. The lowest BCUT2D eigenvalue weighted by Crippen LogP contribution is -1.98. The van der Waals surface area contributed by atoms with E-state index < -0.39 is 5.76 Å². The standard InChI is InChI=1S/C22H23NO4/c1-4-26-20-13-17(24)12-16(18(20)9-5-14(2)3)8-6-15-7-10-19-21(11-15)27-22(25)23-19/h5-8,10-13,24H,4,9H2,1-3H3,(H,23,25)/b8-6+. The number of H-pyrrole nitrogens is 1. The molecule has 0 aliphatic carbocycles. The van der Waals surface area contributed by atoms with E-state index in [9.17, 15) is 9.90 Å². The minimum atomic E-state index is -0.468. The Morgan fingerprint density at radius 3 is 2.78 bits per heavy atom. The Bertz CT molecular complexity index is 1070. The first-order valence-corrected chi connectivity index (χ1v) is 8.89. The van der Waals surface area contributed by atoms with Gasteiger partial charge in [0.15, 0.2) is 5.58 Å². The molecule has 0 radical (unpaired) electrons. The lowest BCUT2D eigenvalue weighted by atomic mass is 10.00. The number of rotatable bonds is 6. The SMILES string of the molecule is CCOc1cc(O)cc(/C=C/c2ccc3[nH]c(=O)oc3c2)c1CC=C(C)C. The van der Waals surface area contributed by atoms with Crippen molar-refractivity contribution in [1.82, 2.24) is 4.98 Å². The van der Waals surface area contributed by atoms with Gasteiger partial charge in [-0.1, -0.05) is 29.9 Å². The summed E-state index contributed by atoms with van der Waals surface area (Å²) < 4.78 is 10.8. The smallest absolute Gasteiger partial charge is 0.417 e. The van der Waals surface area contributed by atoms with E-state index in [4.69, 9.17) is 9.15 Å². The Morgan fingerprint density at radius 1 is 1.22 bits per heavy atom. The fourth-order valence-electron chi connectivity index (χ4n) is 2.86. The molecule has 0 fully saturated rings. The first-order valence-electron chi connectivity index (χ1n) is 8.89. The van der Waals surface area contributed by atoms with Crippen LogP contribution in [0.1, 0.15) is 37.5 Å². The number of fused-ring (bicyclic) bond motifs is 1. The van der Waals surface area contributed by atoms with Crippen LogP contribution in [-0.2, 0) is 6.42 Å². The zero-order chi connectivity index (χ0) is 19.4. The van der Waals surface area contributed by atoms with Crippen LogP contribution in [0.2, 0.25) is 0 Å². The van der Waals surface area contributed by atoms with E-state index in [1.807, 2.05) is 25.1 Å². The third kappa shape index (κ3) is 4.50. The minimum absolute atomic E-state index is 0.158. The second kappa shape index (κ2) is 7.99. The van der Waals surface area contributed by atoms with E-state index in [-0.39, 0.29) is 5.75 Å². The molecule has 0 saturated heterocycles. The predicted octanol–water partition coefficient (Wildman–Crippen LogP) is 4.90. The van der Waals surface area contributed by atoms with Gasteiger partial charge >= 0.3 is 5.76 Å². The molecule has 5 heteroatoms. The van der Waals surface area contributed by atoms with Crippen LogP contribution in [0.3, 0.4) is 0 Å². The molecular weight excluding hydrogens is 342 g/mol. The van der Waals surface area contributed by atoms with Gasteiger partial charge in [-0.3, -0.25) is 4.98 Å². The maximum Gasteiger partial charge on any atom is 0.417 e. The normalized spacial score (nSPS) is 11.2. The summed E-state index contributed by atoms with van der Waals surface area (Å²) in [6, 6.07) is 8.87. The maximum absolute atomic E-state index is 11.3. The molecule has 1 aromatic heterocycles. The zero-order valence-corrected chi connectivity index (χ0v) is 15.7. The highest BCUT2D eigenvalue weighted by atomic mass is 16.5. The summed E-state index contributed by atoms with van der Waals surface area (Å²) in [6.45, 7) is 6.55. The molecule has 140 valence electrons. The molecule has 2 aromatic carbocycles. The molecule has 3 aromatic rings. The number of phenols is 1. The lowest BCUT2D eigenvalue weighted by Gasteiger charge is -2.13. The third-order valence-corrected chi connectivity index (χ3v) is 4.14. The van der Waals surface area contributed by atoms with E-state index in [2.05, 4.69) is 24.9 Å². The molecule has 0 bridgehead atoms. The van der Waals surface area contributed by atoms with Crippen LogP contribution in [0.15, 0.2) is 51.2 Å². The fourth-order valence-corrected chi connectivity index (χ4v) is 2.86. The van der Waals surface area contributed by atoms with Crippen molar-refractivity contribution in [2.45, 2.75) is 27.2 Å². The van der Waals surface area contributed by atoms with Crippen molar-refractivity contribution < 1.29 is 14.3 Å². The average molecular weight is 365 g/mol. The van der Waals surface area contributed by atoms with E-state index in [0.717, 1.165) is 16.7 Å². The van der Waals surface area contributed by atoms with Gasteiger partial charge in [0.25, 0.3) is 0 Å². The van der Waals surface area contributed by atoms with Gasteiger partial charge in [-0.05, 0) is 56.5 Å². The van der Waals surface area contributed by atoms with Crippen molar-refractivity contribution in [3.05, 3.63) is 69.2 Å². The van der Waals surface area contributed by atoms with E-state index in [0.29, 0.717) is 29.9 Å². The number of phenolic OH excluding ortho intramolecular Hbond substituents is 1. The molecule has 0 saturated carbocycles. The van der Waals surface area contributed by atoms with E-state index in [1.165, 1.54) is 5.57 Å². The number of aromatic amines is 1. The fraction of sp³-hybridized carbons (Fsp3) is 0.227. The van der Waals surface area contributed by atoms with Crippen LogP contribution in [0.25, 0.3) is 23.3 Å². The molecule has 0 amide bonds. The summed E-state index contributed by atoms with van der Waals surface area (Å²) >= 11 is 0. The number of nitrogens with one attached hydrogen (secondary N) is 1. The Morgan fingerprint density at radius 2 is 2.04 bits per heavy atom. The third-order valence-electron chi connectivity index (χ3n) is 4.14. The number of benzene rings is 2. The first-order chi connectivity index (χ1) is 13.0. The zero-order valence-electron chi connectivity index (χ0n) is 15.7. The summed E-state index contributed by atoms with van der Waals surface area (Å²) in [5, 5.41) is 10.1. The number of ether oxygens (including phenoxy) is 1. The van der Waals surface area contributed by atoms with Crippen molar-refractivity contribution >= 4 is 23.3 Å². The van der Waals surface area contributed by atoms with Gasteiger partial charge in [-0.2, -0.15) is 0 Å². The molecule has 0 spiro atoms. The van der Waals surface area contributed by atoms with Gasteiger partial charge < -0.3 is 14.3 Å². The molecule has 3 rings (SSSR count). The summed E-state index contributed by atoms with van der Waals surface area (Å²) in [6.07, 6.45) is 6.70. The Hall–Kier alpha value is -3.21. The molecule has 0 atom stereocenters. The van der Waals surface area contributed by atoms with Gasteiger partial charge in [0.2, 0.25) is 0 Å². The summed E-state index contributed by atoms with van der Waals surface area (Å²) in [5.74, 6) is 0.373. The quantitative estimate of drug-likeness (QED) is 0.481. The second-order valence-electron chi connectivity index (χ2n) is 6.53. The van der Waals surface area contributed by atoms with E-state index >= 15 is 0 Å². The van der Waals surface area contributed by atoms with Gasteiger partial charge in [0.05, 0.1) is 12.1 Å². The van der Waals surface area contributed by atoms with Crippen LogP contribution in [0.4, 0.5) is 0 Å². The summed E-state index contributed by atoms with van der Waals surface area (Å²) in [7, 11) is 0. The highest BCUT2D eigenvalue weighted by Crippen LogP contribution is 2.31. The van der Waals surface area contributed by atoms with Gasteiger partial charge in [-0.25, -0.2) is 4.79 Å². The van der Waals surface area contributed by atoms with E-state index in [1.54, 1.807) is 24.3 Å². The maximum atomic E-state index is 11.3. The Labute approximate surface area is 157 Å². The summed E-state index contributed by atoms with van der Waals surface area (Å²) in [5.41, 5.74) is 5.18. The van der Waals surface area contributed by atoms with Crippen molar-refractivity contribution in [3.8, 4) is 11.5 Å². The first kappa shape index (κ1) is 18.6. The molecule has 5 nitrogen and oxygen atoms in total. The lowest BCUT2D eigenvalue weighted by molar-refractivity contribution is 0.334. The summed E-state index contributed by atoms with van der Waals surface area (Å²) in [4.78, 5) is 13.9. The average Bonchev–Trinajstić information content (AvgIpc) is 2.98. The number of hydrogen-bond acceptors (Lipinski definition) is 4. The van der Waals surface area contributed by atoms with Gasteiger partial charge in [0, 0.05) is 11.6 Å². The van der Waals surface area contributed by atoms with Crippen LogP contribution in [0, 0.1) is 0 Å². The minimum Gasteiger partial charge on any atom is -0.508 e. The van der Waals surface area contributed by atoms with Crippen LogP contribution in [-0.4, -0.2) is 16.7 Å². The van der Waals surface area contributed by atoms with Crippen LogP contribution < -0.4 is 10.5 Å². The molecule has 0 aliphatic heterocycles. The Balaban J connectivity index is 2.01. The monoisotopic (exact) mass is 365 g/mol. The molecule has 27 heavy (non-hydrogen) atoms. The van der Waals surface area contributed by atoms with Crippen LogP contribution in [0.5, 0.6) is 11.5 Å². The van der Waals surface area contributed by atoms with Crippen molar-refractivity contribution in [1.29, 1.82) is 0 Å². The topological polar surface area (TPSA) is 75.5 Å². The number of oxazole rings is 1. The Kier molecular flexibility index (Phi) is 5.50. The number of aromatic hydroxyl groups is 1. The van der Waals surface area contributed by atoms with Gasteiger partial charge in [0.1, 0.15) is 11.5 Å².